The zero-order chi connectivity index (χ0) is 25.6. The lowest BCUT2D eigenvalue weighted by molar-refractivity contribution is -0.355. The first kappa shape index (κ1) is 36.0. The molecule has 0 atom stereocenters. The first-order valence-electron chi connectivity index (χ1n) is 15.3. The molecule has 0 radical (unpaired) electrons. The summed E-state index contributed by atoms with van der Waals surface area (Å²) in [6, 6.07) is 0. The van der Waals surface area contributed by atoms with E-state index < -0.39 is 5.97 Å². The Morgan fingerprint density at radius 1 is 0.324 bits per heavy atom. The van der Waals surface area contributed by atoms with E-state index in [1.165, 1.54) is 141 Å². The summed E-state index contributed by atoms with van der Waals surface area (Å²) in [7, 11) is 4.86. The fraction of sp³-hybridized carbons (Fsp3) is 1.00. The van der Waals surface area contributed by atoms with E-state index in [2.05, 4.69) is 20.8 Å². The van der Waals surface area contributed by atoms with Crippen molar-refractivity contribution in [3.63, 3.8) is 0 Å². The van der Waals surface area contributed by atoms with E-state index in [9.17, 15) is 0 Å². The molecule has 0 aliphatic heterocycles. The first-order valence-corrected chi connectivity index (χ1v) is 15.3. The first-order chi connectivity index (χ1) is 16.7. The van der Waals surface area contributed by atoms with Gasteiger partial charge in [0.25, 0.3) is 5.97 Å². The van der Waals surface area contributed by atoms with Crippen molar-refractivity contribution in [2.45, 2.75) is 181 Å². The van der Waals surface area contributed by atoms with Crippen LogP contribution in [0.5, 0.6) is 0 Å². The van der Waals surface area contributed by atoms with Gasteiger partial charge < -0.3 is 14.2 Å². The molecule has 0 saturated carbocycles. The molecule has 0 aliphatic rings. The van der Waals surface area contributed by atoms with Gasteiger partial charge in [-0.2, -0.15) is 0 Å². The van der Waals surface area contributed by atoms with Gasteiger partial charge in [-0.3, -0.25) is 0 Å². The number of ether oxygens (including phenoxy) is 3. The van der Waals surface area contributed by atoms with Crippen LogP contribution in [0.15, 0.2) is 0 Å². The molecule has 0 aromatic rings. The molecular weight excluding hydrogens is 420 g/mol. The second-order valence-corrected chi connectivity index (χ2v) is 10.1. The molecule has 0 N–H and O–H groups in total. The minimum atomic E-state index is -0.830. The van der Waals surface area contributed by atoms with Crippen molar-refractivity contribution in [2.75, 3.05) is 21.3 Å². The molecule has 3 nitrogen and oxygen atoms in total. The van der Waals surface area contributed by atoms with E-state index in [0.717, 1.165) is 12.8 Å². The minimum Gasteiger partial charge on any atom is -0.331 e. The van der Waals surface area contributed by atoms with Crippen molar-refractivity contribution < 1.29 is 14.2 Å². The van der Waals surface area contributed by atoms with E-state index >= 15 is 0 Å². The number of rotatable bonds is 26. The standard InChI is InChI=1S/C18H38.C13H28O3/c1-3-5-7-9-11-13-15-17-18-16-14-12-10-8-6-4-2;1-5-6-7-8-9-10-11-12-13(14-2,15-3)16-4/h3-18H2,1-2H3;5-12H2,1-4H3. The lowest BCUT2D eigenvalue weighted by atomic mass is 10.0. The topological polar surface area (TPSA) is 27.7 Å². The third-order valence-corrected chi connectivity index (χ3v) is 6.98. The zero-order valence-corrected chi connectivity index (χ0v) is 24.7. The lowest BCUT2D eigenvalue weighted by Gasteiger charge is -2.28. The van der Waals surface area contributed by atoms with Gasteiger partial charge in [-0.15, -0.1) is 0 Å². The van der Waals surface area contributed by atoms with Gasteiger partial charge in [0, 0.05) is 27.8 Å². The Bertz CT molecular complexity index is 317. The molecule has 0 rings (SSSR count). The Hall–Kier alpha value is -0.120. The number of hydrogen-bond acceptors (Lipinski definition) is 3. The zero-order valence-electron chi connectivity index (χ0n) is 24.7. The van der Waals surface area contributed by atoms with Crippen LogP contribution in [0.25, 0.3) is 0 Å². The molecule has 0 aliphatic carbocycles. The molecule has 3 heteroatoms. The molecular formula is C31H66O3. The van der Waals surface area contributed by atoms with Crippen molar-refractivity contribution in [1.82, 2.24) is 0 Å². The van der Waals surface area contributed by atoms with E-state index in [4.69, 9.17) is 14.2 Å². The fourth-order valence-corrected chi connectivity index (χ4v) is 4.48. The van der Waals surface area contributed by atoms with Gasteiger partial charge in [-0.05, 0) is 6.42 Å². The Balaban J connectivity index is 0. The van der Waals surface area contributed by atoms with Gasteiger partial charge in [0.05, 0.1) is 0 Å². The Morgan fingerprint density at radius 3 is 0.735 bits per heavy atom. The Labute approximate surface area is 216 Å². The van der Waals surface area contributed by atoms with Crippen molar-refractivity contribution in [1.29, 1.82) is 0 Å². The van der Waals surface area contributed by atoms with Crippen molar-refractivity contribution >= 4 is 0 Å². The van der Waals surface area contributed by atoms with Crippen LogP contribution < -0.4 is 0 Å². The maximum Gasteiger partial charge on any atom is 0.282 e. The average Bonchev–Trinajstić information content (AvgIpc) is 2.87. The highest BCUT2D eigenvalue weighted by Gasteiger charge is 2.28. The highest BCUT2D eigenvalue weighted by molar-refractivity contribution is 4.56. The largest absolute Gasteiger partial charge is 0.331 e. The molecule has 0 spiro atoms. The van der Waals surface area contributed by atoms with E-state index in [1.54, 1.807) is 21.3 Å². The summed E-state index contributed by atoms with van der Waals surface area (Å²) in [6.45, 7) is 6.83. The van der Waals surface area contributed by atoms with Crippen molar-refractivity contribution in [3.8, 4) is 0 Å². The number of unbranched alkanes of at least 4 members (excludes halogenated alkanes) is 21. The third-order valence-electron chi connectivity index (χ3n) is 6.98. The summed E-state index contributed by atoms with van der Waals surface area (Å²) in [5.74, 6) is -0.830. The Morgan fingerprint density at radius 2 is 0.529 bits per heavy atom. The highest BCUT2D eigenvalue weighted by atomic mass is 16.9. The van der Waals surface area contributed by atoms with Gasteiger partial charge in [0.15, 0.2) is 0 Å². The molecule has 0 fully saturated rings. The third kappa shape index (κ3) is 26.5. The van der Waals surface area contributed by atoms with Crippen LogP contribution in [0.2, 0.25) is 0 Å². The van der Waals surface area contributed by atoms with Crippen LogP contribution in [0.3, 0.4) is 0 Å². The molecule has 0 saturated heterocycles. The molecule has 34 heavy (non-hydrogen) atoms. The van der Waals surface area contributed by atoms with Crippen LogP contribution in [0.1, 0.15) is 175 Å². The smallest absolute Gasteiger partial charge is 0.282 e. The summed E-state index contributed by atoms with van der Waals surface area (Å²) in [4.78, 5) is 0. The predicted octanol–water partition coefficient (Wildman–Crippen LogP) is 11.0. The normalized spacial score (nSPS) is 11.5. The summed E-state index contributed by atoms with van der Waals surface area (Å²) < 4.78 is 15.7. The van der Waals surface area contributed by atoms with Crippen LogP contribution in [-0.4, -0.2) is 27.3 Å². The van der Waals surface area contributed by atoms with Crippen LogP contribution in [0.4, 0.5) is 0 Å². The lowest BCUT2D eigenvalue weighted by Crippen LogP contribution is -2.35. The van der Waals surface area contributed by atoms with Crippen molar-refractivity contribution in [2.24, 2.45) is 0 Å². The van der Waals surface area contributed by atoms with Gasteiger partial charge in [0.1, 0.15) is 0 Å². The van der Waals surface area contributed by atoms with E-state index in [-0.39, 0.29) is 0 Å². The minimum absolute atomic E-state index is 0.796. The molecule has 0 unspecified atom stereocenters. The van der Waals surface area contributed by atoms with Gasteiger partial charge >= 0.3 is 0 Å². The second kappa shape index (κ2) is 30.9. The molecule has 0 heterocycles. The monoisotopic (exact) mass is 487 g/mol. The summed E-state index contributed by atoms with van der Waals surface area (Å²) in [6.07, 6.45) is 33.2. The van der Waals surface area contributed by atoms with Gasteiger partial charge in [-0.25, -0.2) is 0 Å². The molecule has 0 amide bonds. The van der Waals surface area contributed by atoms with Crippen LogP contribution in [0, 0.1) is 0 Å². The number of methoxy groups -OCH3 is 3. The molecule has 0 bridgehead atoms. The summed E-state index contributed by atoms with van der Waals surface area (Å²) in [5, 5.41) is 0. The maximum atomic E-state index is 5.24. The Kier molecular flexibility index (Phi) is 32.8. The molecule has 208 valence electrons. The summed E-state index contributed by atoms with van der Waals surface area (Å²) in [5.41, 5.74) is 0. The van der Waals surface area contributed by atoms with Crippen LogP contribution >= 0.6 is 0 Å². The second-order valence-electron chi connectivity index (χ2n) is 10.1. The van der Waals surface area contributed by atoms with E-state index in [1.807, 2.05) is 0 Å². The van der Waals surface area contributed by atoms with Gasteiger partial charge in [0.2, 0.25) is 0 Å². The molecule has 0 aromatic heterocycles. The quantitative estimate of drug-likeness (QED) is 0.0898. The van der Waals surface area contributed by atoms with Crippen LogP contribution in [-0.2, 0) is 14.2 Å². The van der Waals surface area contributed by atoms with E-state index in [0.29, 0.717) is 0 Å². The summed E-state index contributed by atoms with van der Waals surface area (Å²) >= 11 is 0. The average molecular weight is 487 g/mol. The molecule has 0 aromatic carbocycles. The highest BCUT2D eigenvalue weighted by Crippen LogP contribution is 2.21. The SMILES string of the molecule is CCCCCCCCCC(OC)(OC)OC.CCCCCCCCCCCCCCCCCC. The maximum absolute atomic E-state index is 5.24. The fourth-order valence-electron chi connectivity index (χ4n) is 4.48. The van der Waals surface area contributed by atoms with Gasteiger partial charge in [-0.1, -0.05) is 162 Å². The predicted molar refractivity (Wildman–Crippen MR) is 152 cm³/mol. The number of hydrogen-bond donors (Lipinski definition) is 0. The van der Waals surface area contributed by atoms with Crippen molar-refractivity contribution in [3.05, 3.63) is 0 Å².